The molecule has 2 nitrogen and oxygen atoms in total. The maximum absolute atomic E-state index is 7.04. The van der Waals surface area contributed by atoms with Crippen LogP contribution in [0.5, 0.6) is 0 Å². The zero-order valence-electron chi connectivity index (χ0n) is 6.95. The SMILES string of the molecule is CC1=CC2OC(C=N)=CC2C=C1. The van der Waals surface area contributed by atoms with Gasteiger partial charge in [0.1, 0.15) is 11.9 Å². The molecule has 62 valence electrons. The molecule has 0 bridgehead atoms. The van der Waals surface area contributed by atoms with Crippen molar-refractivity contribution in [1.82, 2.24) is 0 Å². The lowest BCUT2D eigenvalue weighted by atomic mass is 9.96. The van der Waals surface area contributed by atoms with Crippen LogP contribution in [0.25, 0.3) is 0 Å². The molecule has 1 N–H and O–H groups in total. The number of hydrogen-bond donors (Lipinski definition) is 1. The van der Waals surface area contributed by atoms with Crippen molar-refractivity contribution in [3.63, 3.8) is 0 Å². The van der Waals surface area contributed by atoms with Gasteiger partial charge in [0, 0.05) is 5.92 Å². The molecule has 1 heterocycles. The van der Waals surface area contributed by atoms with Gasteiger partial charge in [-0.3, -0.25) is 0 Å². The second-order valence-electron chi connectivity index (χ2n) is 3.14. The zero-order valence-corrected chi connectivity index (χ0v) is 6.95. The Kier molecular flexibility index (Phi) is 1.61. The van der Waals surface area contributed by atoms with Crippen molar-refractivity contribution < 1.29 is 4.74 Å². The maximum Gasteiger partial charge on any atom is 0.134 e. The Morgan fingerprint density at radius 2 is 2.33 bits per heavy atom. The maximum atomic E-state index is 7.04. The molecule has 2 heteroatoms. The molecule has 2 aliphatic rings. The molecule has 0 saturated carbocycles. The first-order valence-electron chi connectivity index (χ1n) is 4.05. The smallest absolute Gasteiger partial charge is 0.134 e. The van der Waals surface area contributed by atoms with E-state index in [1.54, 1.807) is 0 Å². The van der Waals surface area contributed by atoms with Crippen molar-refractivity contribution in [1.29, 1.82) is 5.41 Å². The third-order valence-electron chi connectivity index (χ3n) is 2.16. The van der Waals surface area contributed by atoms with Crippen LogP contribution in [0.3, 0.4) is 0 Å². The van der Waals surface area contributed by atoms with Gasteiger partial charge >= 0.3 is 0 Å². The van der Waals surface area contributed by atoms with Gasteiger partial charge in [0.25, 0.3) is 0 Å². The summed E-state index contributed by atoms with van der Waals surface area (Å²) in [5.74, 6) is 1.02. The second-order valence-corrected chi connectivity index (χ2v) is 3.14. The van der Waals surface area contributed by atoms with E-state index in [0.29, 0.717) is 11.7 Å². The van der Waals surface area contributed by atoms with Crippen LogP contribution in [0.4, 0.5) is 0 Å². The fourth-order valence-electron chi connectivity index (χ4n) is 1.53. The number of hydrogen-bond acceptors (Lipinski definition) is 2. The zero-order chi connectivity index (χ0) is 8.55. The highest BCUT2D eigenvalue weighted by molar-refractivity contribution is 5.74. The Balaban J connectivity index is 2.23. The molecule has 0 radical (unpaired) electrons. The molecule has 1 aliphatic heterocycles. The van der Waals surface area contributed by atoms with Crippen LogP contribution >= 0.6 is 0 Å². The van der Waals surface area contributed by atoms with Crippen molar-refractivity contribution in [2.45, 2.75) is 13.0 Å². The third kappa shape index (κ3) is 1.09. The first-order chi connectivity index (χ1) is 5.79. The van der Waals surface area contributed by atoms with Gasteiger partial charge in [0.05, 0.1) is 6.21 Å². The van der Waals surface area contributed by atoms with E-state index in [4.69, 9.17) is 10.1 Å². The largest absolute Gasteiger partial charge is 0.484 e. The van der Waals surface area contributed by atoms with E-state index >= 15 is 0 Å². The standard InChI is InChI=1S/C10H11NO/c1-7-2-3-8-5-9(6-11)12-10(8)4-7/h2-6,8,10-11H,1H3. The predicted octanol–water partition coefficient (Wildman–Crippen LogP) is 2.05. The van der Waals surface area contributed by atoms with E-state index in [-0.39, 0.29) is 6.10 Å². The van der Waals surface area contributed by atoms with Crippen molar-refractivity contribution in [2.75, 3.05) is 0 Å². The van der Waals surface area contributed by atoms with E-state index < -0.39 is 0 Å². The van der Waals surface area contributed by atoms with Crippen molar-refractivity contribution in [2.24, 2.45) is 5.92 Å². The lowest BCUT2D eigenvalue weighted by Crippen LogP contribution is -2.14. The molecule has 0 saturated heterocycles. The van der Waals surface area contributed by atoms with Gasteiger partial charge in [-0.25, -0.2) is 0 Å². The minimum Gasteiger partial charge on any atom is -0.484 e. The minimum atomic E-state index is 0.131. The minimum absolute atomic E-state index is 0.131. The summed E-state index contributed by atoms with van der Waals surface area (Å²) < 4.78 is 5.48. The molecule has 0 aromatic rings. The van der Waals surface area contributed by atoms with Gasteiger partial charge in [-0.2, -0.15) is 0 Å². The lowest BCUT2D eigenvalue weighted by Gasteiger charge is -2.16. The number of ether oxygens (including phenoxy) is 1. The summed E-state index contributed by atoms with van der Waals surface area (Å²) in [6.45, 7) is 2.05. The van der Waals surface area contributed by atoms with E-state index in [9.17, 15) is 0 Å². The highest BCUT2D eigenvalue weighted by atomic mass is 16.5. The molecule has 0 amide bonds. The molecular weight excluding hydrogens is 150 g/mol. The summed E-state index contributed by atoms with van der Waals surface area (Å²) in [6, 6.07) is 0. The van der Waals surface area contributed by atoms with Crippen LogP contribution in [-0.2, 0) is 4.74 Å². The molecule has 0 fully saturated rings. The monoisotopic (exact) mass is 161 g/mol. The summed E-state index contributed by atoms with van der Waals surface area (Å²) >= 11 is 0. The summed E-state index contributed by atoms with van der Waals surface area (Å²) in [4.78, 5) is 0. The molecule has 2 atom stereocenters. The summed E-state index contributed by atoms with van der Waals surface area (Å²) in [5, 5.41) is 7.04. The van der Waals surface area contributed by atoms with Crippen LogP contribution in [0.1, 0.15) is 6.92 Å². The van der Waals surface area contributed by atoms with Crippen molar-refractivity contribution in [3.8, 4) is 0 Å². The second kappa shape index (κ2) is 2.63. The number of rotatable bonds is 1. The summed E-state index contributed by atoms with van der Waals surface area (Å²) in [7, 11) is 0. The van der Waals surface area contributed by atoms with Gasteiger partial charge < -0.3 is 10.1 Å². The molecule has 2 unspecified atom stereocenters. The van der Waals surface area contributed by atoms with E-state index in [1.165, 1.54) is 11.8 Å². The molecule has 0 spiro atoms. The van der Waals surface area contributed by atoms with Crippen LogP contribution in [0.2, 0.25) is 0 Å². The van der Waals surface area contributed by atoms with Gasteiger partial charge in [0.2, 0.25) is 0 Å². The summed E-state index contributed by atoms with van der Waals surface area (Å²) in [5.41, 5.74) is 1.23. The van der Waals surface area contributed by atoms with Crippen LogP contribution in [-0.4, -0.2) is 12.3 Å². The van der Waals surface area contributed by atoms with Gasteiger partial charge in [-0.15, -0.1) is 0 Å². The topological polar surface area (TPSA) is 33.1 Å². The van der Waals surface area contributed by atoms with Gasteiger partial charge in [-0.05, 0) is 19.1 Å². The molecule has 2 rings (SSSR count). The van der Waals surface area contributed by atoms with E-state index in [0.717, 1.165) is 0 Å². The van der Waals surface area contributed by atoms with Crippen LogP contribution < -0.4 is 0 Å². The highest BCUT2D eigenvalue weighted by Crippen LogP contribution is 2.28. The van der Waals surface area contributed by atoms with Crippen LogP contribution in [0.15, 0.2) is 35.6 Å². The molecule has 12 heavy (non-hydrogen) atoms. The molecule has 1 aliphatic carbocycles. The number of allylic oxidation sites excluding steroid dienone is 3. The molecule has 0 aromatic heterocycles. The van der Waals surface area contributed by atoms with Gasteiger partial charge in [0.15, 0.2) is 0 Å². The average molecular weight is 161 g/mol. The lowest BCUT2D eigenvalue weighted by molar-refractivity contribution is 0.179. The third-order valence-corrected chi connectivity index (χ3v) is 2.16. The van der Waals surface area contributed by atoms with Crippen molar-refractivity contribution >= 4 is 6.21 Å². The Morgan fingerprint density at radius 3 is 3.08 bits per heavy atom. The van der Waals surface area contributed by atoms with E-state index in [1.807, 2.05) is 6.08 Å². The predicted molar refractivity (Wildman–Crippen MR) is 48.1 cm³/mol. The fraction of sp³-hybridized carbons (Fsp3) is 0.300. The first kappa shape index (κ1) is 7.35. The normalized spacial score (nSPS) is 31.8. The fourth-order valence-corrected chi connectivity index (χ4v) is 1.53. The van der Waals surface area contributed by atoms with Crippen LogP contribution in [0, 0.1) is 11.3 Å². The average Bonchev–Trinajstić information content (AvgIpc) is 2.46. The first-order valence-corrected chi connectivity index (χ1v) is 4.05. The summed E-state index contributed by atoms with van der Waals surface area (Å²) in [6.07, 6.45) is 9.68. The highest BCUT2D eigenvalue weighted by Gasteiger charge is 2.26. The Bertz CT molecular complexity index is 299. The Morgan fingerprint density at radius 1 is 1.50 bits per heavy atom. The Labute approximate surface area is 71.7 Å². The van der Waals surface area contributed by atoms with Gasteiger partial charge in [-0.1, -0.05) is 17.7 Å². The number of fused-ring (bicyclic) bond motifs is 1. The number of nitrogens with one attached hydrogen (secondary N) is 1. The molecular formula is C10H11NO. The quantitative estimate of drug-likeness (QED) is 0.586. The van der Waals surface area contributed by atoms with E-state index in [2.05, 4.69) is 25.2 Å². The Hall–Kier alpha value is -1.31. The molecule has 0 aromatic carbocycles. The van der Waals surface area contributed by atoms with Crippen molar-refractivity contribution in [3.05, 3.63) is 35.6 Å².